The van der Waals surface area contributed by atoms with Gasteiger partial charge in [0.05, 0.1) is 29.6 Å². The minimum Gasteiger partial charge on any atom is -0.505 e. The fourth-order valence-electron chi connectivity index (χ4n) is 4.78. The predicted molar refractivity (Wildman–Crippen MR) is 151 cm³/mol. The molecule has 0 aromatic heterocycles. The molecule has 4 aromatic rings. The molecule has 0 bridgehead atoms. The lowest BCUT2D eigenvalue weighted by Gasteiger charge is -2.19. The molecule has 206 valence electrons. The molecule has 5 rings (SSSR count). The number of amides is 1. The largest absolute Gasteiger partial charge is 0.505 e. The Balaban J connectivity index is 1.57. The van der Waals surface area contributed by atoms with Gasteiger partial charge in [-0.2, -0.15) is 5.10 Å². The van der Waals surface area contributed by atoms with Crippen molar-refractivity contribution in [1.29, 1.82) is 0 Å². The van der Waals surface area contributed by atoms with Gasteiger partial charge in [0.25, 0.3) is 5.91 Å². The zero-order valence-electron chi connectivity index (χ0n) is 22.2. The molecule has 1 heterocycles. The van der Waals surface area contributed by atoms with Gasteiger partial charge in [-0.15, -0.1) is 0 Å². The number of ether oxygens (including phenoxy) is 1. The number of hydrogen-bond donors (Lipinski definition) is 3. The number of rotatable bonds is 6. The van der Waals surface area contributed by atoms with Crippen LogP contribution in [0.3, 0.4) is 0 Å². The van der Waals surface area contributed by atoms with Crippen LogP contribution in [0.25, 0.3) is 11.1 Å². The Hall–Kier alpha value is -5.51. The van der Waals surface area contributed by atoms with E-state index >= 15 is 0 Å². The lowest BCUT2D eigenvalue weighted by molar-refractivity contribution is -0.111. The van der Waals surface area contributed by atoms with Crippen LogP contribution >= 0.6 is 0 Å². The lowest BCUT2D eigenvalue weighted by atomic mass is 10.0. The summed E-state index contributed by atoms with van der Waals surface area (Å²) in [6.07, 6.45) is 0. The normalized spacial score (nSPS) is 13.3. The second-order valence-electron chi connectivity index (χ2n) is 9.48. The van der Waals surface area contributed by atoms with Gasteiger partial charge in [-0.05, 0) is 79.1 Å². The maximum Gasteiger partial charge on any atom is 0.338 e. The van der Waals surface area contributed by atoms with Gasteiger partial charge in [0.1, 0.15) is 11.6 Å². The highest BCUT2D eigenvalue weighted by molar-refractivity contribution is 6.55. The number of aromatic carboxylic acids is 1. The number of aromatic hydroxyl groups is 1. The minimum atomic E-state index is -1.44. The molecule has 1 amide bonds. The van der Waals surface area contributed by atoms with Crippen molar-refractivity contribution in [2.24, 2.45) is 5.10 Å². The number of benzene rings is 4. The van der Waals surface area contributed by atoms with Gasteiger partial charge >= 0.3 is 11.9 Å². The molecular formula is C31H24FN3O6. The van der Waals surface area contributed by atoms with Crippen molar-refractivity contribution in [3.05, 3.63) is 106 Å². The summed E-state index contributed by atoms with van der Waals surface area (Å²) in [6, 6.07) is 18.5. The summed E-state index contributed by atoms with van der Waals surface area (Å²) in [7, 11) is 1.27. The van der Waals surface area contributed by atoms with Crippen molar-refractivity contribution in [2.45, 2.75) is 13.8 Å². The molecule has 41 heavy (non-hydrogen) atoms. The van der Waals surface area contributed by atoms with E-state index in [-0.39, 0.29) is 33.8 Å². The monoisotopic (exact) mass is 553 g/mol. The number of nitrogens with zero attached hydrogens (tertiary/aromatic N) is 2. The van der Waals surface area contributed by atoms with Crippen molar-refractivity contribution < 1.29 is 33.7 Å². The van der Waals surface area contributed by atoms with Gasteiger partial charge in [0.15, 0.2) is 5.71 Å². The summed E-state index contributed by atoms with van der Waals surface area (Å²) in [5.74, 6) is -3.63. The highest BCUT2D eigenvalue weighted by Crippen LogP contribution is 2.39. The molecule has 3 N–H and O–H groups in total. The molecule has 0 radical (unpaired) electrons. The molecule has 0 saturated heterocycles. The molecule has 0 unspecified atom stereocenters. The van der Waals surface area contributed by atoms with E-state index in [9.17, 15) is 29.0 Å². The molecule has 1 aliphatic heterocycles. The molecule has 1 aliphatic rings. The van der Waals surface area contributed by atoms with Crippen LogP contribution in [-0.4, -0.2) is 40.9 Å². The van der Waals surface area contributed by atoms with Crippen molar-refractivity contribution in [3.8, 4) is 16.9 Å². The van der Waals surface area contributed by atoms with Crippen LogP contribution in [0.2, 0.25) is 0 Å². The molecular weight excluding hydrogens is 529 g/mol. The zero-order chi connectivity index (χ0) is 29.4. The number of anilines is 3. The molecule has 0 atom stereocenters. The number of aryl methyl sites for hydroxylation is 2. The third-order valence-corrected chi connectivity index (χ3v) is 6.62. The Morgan fingerprint density at radius 2 is 1.68 bits per heavy atom. The number of phenols is 1. The molecule has 10 heteroatoms. The number of carboxylic acids is 1. The number of carboxylic acid groups (broad SMARTS) is 1. The number of nitrogens with one attached hydrogen (secondary N) is 1. The highest BCUT2D eigenvalue weighted by Gasteiger charge is 2.36. The smallest absolute Gasteiger partial charge is 0.338 e. The summed E-state index contributed by atoms with van der Waals surface area (Å²) in [5, 5.41) is 24.6. The Morgan fingerprint density at radius 3 is 2.37 bits per heavy atom. The summed E-state index contributed by atoms with van der Waals surface area (Å²) in [6.45, 7) is 3.82. The Labute approximate surface area is 234 Å². The van der Waals surface area contributed by atoms with Crippen LogP contribution in [0.15, 0.2) is 77.9 Å². The minimum absolute atomic E-state index is 0.0373. The number of hydrogen-bond acceptors (Lipinski definition) is 7. The Morgan fingerprint density at radius 1 is 0.951 bits per heavy atom. The summed E-state index contributed by atoms with van der Waals surface area (Å²) < 4.78 is 18.8. The van der Waals surface area contributed by atoms with E-state index in [1.807, 2.05) is 32.0 Å². The number of halogens is 1. The van der Waals surface area contributed by atoms with Crippen LogP contribution in [-0.2, 0) is 9.53 Å². The van der Waals surface area contributed by atoms with Crippen LogP contribution in [0.5, 0.6) is 5.75 Å². The maximum atomic E-state index is 13.9. The first kappa shape index (κ1) is 27.1. The second-order valence-corrected chi connectivity index (χ2v) is 9.48. The molecule has 0 spiro atoms. The number of carbonyl (C=O) groups is 3. The summed E-state index contributed by atoms with van der Waals surface area (Å²) in [5.41, 5.74) is 6.50. The van der Waals surface area contributed by atoms with Gasteiger partial charge in [-0.3, -0.25) is 15.1 Å². The first-order chi connectivity index (χ1) is 19.6. The van der Waals surface area contributed by atoms with E-state index in [1.54, 1.807) is 24.3 Å². The van der Waals surface area contributed by atoms with E-state index in [0.717, 1.165) is 23.3 Å². The number of carbonyl (C=O) groups excluding carboxylic acids is 2. The average molecular weight is 554 g/mol. The second kappa shape index (κ2) is 10.6. The number of methoxy groups -OCH3 is 1. The van der Waals surface area contributed by atoms with E-state index in [4.69, 9.17) is 4.74 Å². The van der Waals surface area contributed by atoms with Gasteiger partial charge in [-0.25, -0.2) is 14.0 Å². The molecule has 9 nitrogen and oxygen atoms in total. The highest BCUT2D eigenvalue weighted by atomic mass is 19.1. The number of phenolic OH excluding ortho intramolecular Hbond substituents is 1. The average Bonchev–Trinajstić information content (AvgIpc) is 3.21. The fraction of sp³-hybridized carbons (Fsp3) is 0.0968. The quantitative estimate of drug-likeness (QED) is 0.157. The van der Waals surface area contributed by atoms with E-state index in [2.05, 4.69) is 10.5 Å². The van der Waals surface area contributed by atoms with Gasteiger partial charge in [0, 0.05) is 16.8 Å². The van der Waals surface area contributed by atoms with E-state index < -0.39 is 29.2 Å². The van der Waals surface area contributed by atoms with E-state index in [1.165, 1.54) is 30.2 Å². The fourth-order valence-corrected chi connectivity index (χ4v) is 4.78. The molecule has 0 fully saturated rings. The zero-order valence-corrected chi connectivity index (χ0v) is 22.2. The first-order valence-corrected chi connectivity index (χ1v) is 12.4. The topological polar surface area (TPSA) is 129 Å². The summed E-state index contributed by atoms with van der Waals surface area (Å²) in [4.78, 5) is 38.9. The van der Waals surface area contributed by atoms with Gasteiger partial charge in [0.2, 0.25) is 0 Å². The standard InChI is InChI=1S/C31H24FN3O6/c1-16-11-17(2)13-20(12-16)35-26-15-19(31(40)41-3)7-9-22(26)27(29(35)37)34-33-25-6-4-5-21(28(25)36)18-8-10-24(32)23(14-18)30(38)39/h4-15,33,36H,1-3H3,(H,38,39)/b34-27-. The van der Waals surface area contributed by atoms with Crippen LogP contribution in [0.4, 0.5) is 21.5 Å². The van der Waals surface area contributed by atoms with Crippen molar-refractivity contribution in [1.82, 2.24) is 0 Å². The first-order valence-electron chi connectivity index (χ1n) is 12.4. The van der Waals surface area contributed by atoms with Crippen molar-refractivity contribution in [3.63, 3.8) is 0 Å². The van der Waals surface area contributed by atoms with Crippen molar-refractivity contribution in [2.75, 3.05) is 17.4 Å². The van der Waals surface area contributed by atoms with Gasteiger partial charge < -0.3 is 14.9 Å². The number of fused-ring (bicyclic) bond motifs is 1. The predicted octanol–water partition coefficient (Wildman–Crippen LogP) is 5.79. The number of esters is 1. The Kier molecular flexibility index (Phi) is 6.98. The summed E-state index contributed by atoms with van der Waals surface area (Å²) >= 11 is 0. The third-order valence-electron chi connectivity index (χ3n) is 6.62. The molecule has 4 aromatic carbocycles. The Bertz CT molecular complexity index is 1760. The number of hydrazone groups is 1. The SMILES string of the molecule is COC(=O)c1ccc2c(c1)N(c1cc(C)cc(C)c1)C(=O)/C2=N\Nc1cccc(-c2ccc(F)c(C(=O)O)c2)c1O. The maximum absolute atomic E-state index is 13.9. The molecule has 0 saturated carbocycles. The third kappa shape index (κ3) is 4.98. The van der Waals surface area contributed by atoms with E-state index in [0.29, 0.717) is 16.9 Å². The van der Waals surface area contributed by atoms with Gasteiger partial charge in [-0.1, -0.05) is 24.3 Å². The molecule has 0 aliphatic carbocycles. The van der Waals surface area contributed by atoms with Crippen LogP contribution in [0, 0.1) is 19.7 Å². The number of para-hydroxylation sites is 1. The lowest BCUT2D eigenvalue weighted by Crippen LogP contribution is -2.26. The van der Waals surface area contributed by atoms with Crippen molar-refractivity contribution >= 4 is 40.6 Å². The van der Waals surface area contributed by atoms with Crippen LogP contribution in [0.1, 0.15) is 37.4 Å². The van der Waals surface area contributed by atoms with Crippen LogP contribution < -0.4 is 10.3 Å².